The van der Waals surface area contributed by atoms with Crippen LogP contribution in [-0.4, -0.2) is 17.2 Å². The summed E-state index contributed by atoms with van der Waals surface area (Å²) in [6.07, 6.45) is 4.11. The summed E-state index contributed by atoms with van der Waals surface area (Å²) >= 11 is 0. The lowest BCUT2D eigenvalue weighted by Crippen LogP contribution is -2.51. The highest BCUT2D eigenvalue weighted by atomic mass is 16.6. The number of amides is 1. The Bertz CT molecular complexity index is 331. The van der Waals surface area contributed by atoms with E-state index in [9.17, 15) is 10.1 Å². The number of nitrogens with one attached hydrogen (secondary N) is 1. The largest absolute Gasteiger partial charge is 0.444 e. The Kier molecular flexibility index (Phi) is 4.61. The van der Waals surface area contributed by atoms with Gasteiger partial charge in [-0.2, -0.15) is 5.26 Å². The van der Waals surface area contributed by atoms with E-state index in [4.69, 9.17) is 4.74 Å². The van der Waals surface area contributed by atoms with Gasteiger partial charge < -0.3 is 10.1 Å². The molecule has 1 rings (SSSR count). The van der Waals surface area contributed by atoms with Crippen molar-refractivity contribution in [2.24, 2.45) is 5.92 Å². The average Bonchev–Trinajstić information content (AvgIpc) is 2.27. The first-order valence-electron chi connectivity index (χ1n) is 6.72. The molecule has 0 spiro atoms. The molecular weight excluding hydrogens is 228 g/mol. The van der Waals surface area contributed by atoms with Crippen molar-refractivity contribution in [2.45, 2.75) is 70.9 Å². The zero-order chi connectivity index (χ0) is 13.8. The molecule has 4 nitrogen and oxygen atoms in total. The maximum atomic E-state index is 11.8. The van der Waals surface area contributed by atoms with Crippen molar-refractivity contribution in [1.82, 2.24) is 5.32 Å². The SMILES string of the molecule is CCC1CCC(C#N)(NC(=O)OC(C)(C)C)CC1. The van der Waals surface area contributed by atoms with Crippen LogP contribution >= 0.6 is 0 Å². The normalized spacial score (nSPS) is 28.3. The first-order valence-corrected chi connectivity index (χ1v) is 6.72. The molecule has 1 aliphatic carbocycles. The number of ether oxygens (including phenoxy) is 1. The molecule has 0 bridgehead atoms. The van der Waals surface area contributed by atoms with Crippen LogP contribution < -0.4 is 5.32 Å². The number of hydrogen-bond donors (Lipinski definition) is 1. The minimum Gasteiger partial charge on any atom is -0.444 e. The quantitative estimate of drug-likeness (QED) is 0.819. The van der Waals surface area contributed by atoms with Gasteiger partial charge in [0.25, 0.3) is 0 Å². The fraction of sp³-hybridized carbons (Fsp3) is 0.857. The van der Waals surface area contributed by atoms with E-state index in [1.807, 2.05) is 20.8 Å². The van der Waals surface area contributed by atoms with E-state index >= 15 is 0 Å². The van der Waals surface area contributed by atoms with Gasteiger partial charge >= 0.3 is 6.09 Å². The predicted molar refractivity (Wildman–Crippen MR) is 70.0 cm³/mol. The van der Waals surface area contributed by atoms with Gasteiger partial charge in [-0.25, -0.2) is 4.79 Å². The van der Waals surface area contributed by atoms with Gasteiger partial charge in [0.15, 0.2) is 0 Å². The maximum absolute atomic E-state index is 11.8. The molecule has 1 aliphatic rings. The highest BCUT2D eigenvalue weighted by Gasteiger charge is 2.37. The van der Waals surface area contributed by atoms with E-state index in [0.717, 1.165) is 32.1 Å². The molecule has 1 fully saturated rings. The molecule has 1 saturated carbocycles. The van der Waals surface area contributed by atoms with Crippen molar-refractivity contribution < 1.29 is 9.53 Å². The molecule has 0 unspecified atom stereocenters. The highest BCUT2D eigenvalue weighted by Crippen LogP contribution is 2.33. The minimum atomic E-state index is -0.728. The molecule has 0 aromatic carbocycles. The number of nitrogens with zero attached hydrogens (tertiary/aromatic N) is 1. The van der Waals surface area contributed by atoms with Gasteiger partial charge in [-0.1, -0.05) is 13.3 Å². The fourth-order valence-corrected chi connectivity index (χ4v) is 2.34. The lowest BCUT2D eigenvalue weighted by atomic mass is 9.76. The molecule has 0 heterocycles. The topological polar surface area (TPSA) is 62.1 Å². The second-order valence-electron chi connectivity index (χ2n) is 6.17. The molecule has 0 atom stereocenters. The standard InChI is InChI=1S/C14H24N2O2/c1-5-11-6-8-14(10-15,9-7-11)16-12(17)18-13(2,3)4/h11H,5-9H2,1-4H3,(H,16,17). The van der Waals surface area contributed by atoms with Crippen molar-refractivity contribution in [1.29, 1.82) is 5.26 Å². The third-order valence-electron chi connectivity index (χ3n) is 3.49. The van der Waals surface area contributed by atoms with Crippen LogP contribution in [0.3, 0.4) is 0 Å². The van der Waals surface area contributed by atoms with Gasteiger partial charge in [-0.3, -0.25) is 0 Å². The monoisotopic (exact) mass is 252 g/mol. The smallest absolute Gasteiger partial charge is 0.408 e. The molecule has 0 aromatic heterocycles. The first-order chi connectivity index (χ1) is 8.30. The van der Waals surface area contributed by atoms with Crippen LogP contribution in [0.25, 0.3) is 0 Å². The fourth-order valence-electron chi connectivity index (χ4n) is 2.34. The van der Waals surface area contributed by atoms with Crippen LogP contribution in [0, 0.1) is 17.2 Å². The Balaban J connectivity index is 2.58. The second kappa shape index (κ2) is 5.60. The molecule has 1 amide bonds. The Hall–Kier alpha value is -1.24. The number of rotatable bonds is 2. The Morgan fingerprint density at radius 2 is 2.00 bits per heavy atom. The van der Waals surface area contributed by atoms with E-state index < -0.39 is 17.2 Å². The summed E-state index contributed by atoms with van der Waals surface area (Å²) in [4.78, 5) is 11.8. The van der Waals surface area contributed by atoms with Crippen molar-refractivity contribution in [3.05, 3.63) is 0 Å². The summed E-state index contributed by atoms with van der Waals surface area (Å²) in [7, 11) is 0. The van der Waals surface area contributed by atoms with Crippen molar-refractivity contribution in [3.8, 4) is 6.07 Å². The number of hydrogen-bond acceptors (Lipinski definition) is 3. The number of carbonyl (C=O) groups excluding carboxylic acids is 1. The van der Waals surface area contributed by atoms with Crippen molar-refractivity contribution in [3.63, 3.8) is 0 Å². The zero-order valence-electron chi connectivity index (χ0n) is 11.9. The van der Waals surface area contributed by atoms with Gasteiger partial charge in [-0.15, -0.1) is 0 Å². The van der Waals surface area contributed by atoms with Gasteiger partial charge in [0, 0.05) is 0 Å². The molecule has 0 aromatic rings. The van der Waals surface area contributed by atoms with Crippen molar-refractivity contribution >= 4 is 6.09 Å². The molecule has 0 aliphatic heterocycles. The molecule has 4 heteroatoms. The van der Waals surface area contributed by atoms with Gasteiger partial charge in [0.1, 0.15) is 11.1 Å². The number of alkyl carbamates (subject to hydrolysis) is 1. The maximum Gasteiger partial charge on any atom is 0.408 e. The predicted octanol–water partition coefficient (Wildman–Crippen LogP) is 3.37. The highest BCUT2D eigenvalue weighted by molar-refractivity contribution is 5.69. The summed E-state index contributed by atoms with van der Waals surface area (Å²) in [5, 5.41) is 12.1. The van der Waals surface area contributed by atoms with E-state index in [2.05, 4.69) is 18.3 Å². The number of nitriles is 1. The second-order valence-corrected chi connectivity index (χ2v) is 6.17. The molecule has 102 valence electrons. The van der Waals surface area contributed by atoms with Gasteiger partial charge in [0.2, 0.25) is 0 Å². The molecule has 0 radical (unpaired) electrons. The lowest BCUT2D eigenvalue weighted by molar-refractivity contribution is 0.0451. The van der Waals surface area contributed by atoms with Crippen LogP contribution in [0.5, 0.6) is 0 Å². The third kappa shape index (κ3) is 4.21. The van der Waals surface area contributed by atoms with E-state index in [1.54, 1.807) is 0 Å². The van der Waals surface area contributed by atoms with E-state index in [1.165, 1.54) is 0 Å². The lowest BCUT2D eigenvalue weighted by Gasteiger charge is -2.35. The van der Waals surface area contributed by atoms with E-state index in [-0.39, 0.29) is 0 Å². The van der Waals surface area contributed by atoms with E-state index in [0.29, 0.717) is 5.92 Å². The minimum absolute atomic E-state index is 0.487. The average molecular weight is 252 g/mol. The summed E-state index contributed by atoms with van der Waals surface area (Å²) in [5.41, 5.74) is -1.25. The third-order valence-corrected chi connectivity index (χ3v) is 3.49. The summed E-state index contributed by atoms with van der Waals surface area (Å²) < 4.78 is 5.22. The van der Waals surface area contributed by atoms with Crippen LogP contribution in [0.1, 0.15) is 59.8 Å². The van der Waals surface area contributed by atoms with Crippen LogP contribution in [-0.2, 0) is 4.74 Å². The Labute approximate surface area is 110 Å². The summed E-state index contributed by atoms with van der Waals surface area (Å²) in [6, 6.07) is 2.27. The molecule has 0 saturated heterocycles. The number of carbonyl (C=O) groups is 1. The van der Waals surface area contributed by atoms with Crippen LogP contribution in [0.2, 0.25) is 0 Å². The Morgan fingerprint density at radius 3 is 2.39 bits per heavy atom. The summed E-state index contributed by atoms with van der Waals surface area (Å²) in [5.74, 6) is 0.687. The van der Waals surface area contributed by atoms with Crippen LogP contribution in [0.4, 0.5) is 4.79 Å². The van der Waals surface area contributed by atoms with Gasteiger partial charge in [0.05, 0.1) is 6.07 Å². The van der Waals surface area contributed by atoms with Crippen LogP contribution in [0.15, 0.2) is 0 Å². The van der Waals surface area contributed by atoms with Gasteiger partial charge in [-0.05, 0) is 52.4 Å². The molecule has 18 heavy (non-hydrogen) atoms. The first kappa shape index (κ1) is 14.8. The summed E-state index contributed by atoms with van der Waals surface area (Å²) in [6.45, 7) is 7.63. The Morgan fingerprint density at radius 1 is 1.44 bits per heavy atom. The van der Waals surface area contributed by atoms with Crippen molar-refractivity contribution in [2.75, 3.05) is 0 Å². The molecule has 1 N–H and O–H groups in total. The zero-order valence-corrected chi connectivity index (χ0v) is 11.9. The molecular formula is C14H24N2O2.